The first-order valence-electron chi connectivity index (χ1n) is 6.64. The normalized spacial score (nSPS) is 9.92. The third-order valence-electron chi connectivity index (χ3n) is 3.00. The minimum atomic E-state index is -1.32. The van der Waals surface area contributed by atoms with Crippen LogP contribution in [0.5, 0.6) is 5.75 Å². The molecule has 2 rings (SSSR count). The number of nitrogens with zero attached hydrogens (tertiary/aromatic N) is 1. The largest absolute Gasteiger partial charge is 1.00 e. The molecule has 1 aromatic carbocycles. The molecular formula is C16H13ClKNO4S. The third kappa shape index (κ3) is 6.14. The number of thioether (sulfide) groups is 1. The number of ether oxygens (including phenoxy) is 1. The number of carboxylic acid groups (broad SMARTS) is 1. The van der Waals surface area contributed by atoms with Crippen LogP contribution in [0.3, 0.4) is 0 Å². The predicted octanol–water partition coefficient (Wildman–Crippen LogP) is -0.985. The Hall–Kier alpha value is -0.414. The number of hydrogen-bond donors (Lipinski definition) is 0. The molecule has 0 unspecified atom stereocenters. The van der Waals surface area contributed by atoms with Gasteiger partial charge in [-0.2, -0.15) is 0 Å². The maximum atomic E-state index is 12.1. The summed E-state index contributed by atoms with van der Waals surface area (Å²) in [6, 6.07) is 7.99. The molecule has 0 aliphatic carbocycles. The summed E-state index contributed by atoms with van der Waals surface area (Å²) in [6.07, 6.45) is 1.61. The first kappa shape index (κ1) is 21.6. The number of benzene rings is 1. The zero-order valence-electron chi connectivity index (χ0n) is 13.2. The van der Waals surface area contributed by atoms with Crippen molar-refractivity contribution in [1.82, 2.24) is 4.98 Å². The number of Topliss-reactive ketones (excluding diaryl/α,β-unsaturated/α-hetero) is 1. The predicted molar refractivity (Wildman–Crippen MR) is 86.0 cm³/mol. The van der Waals surface area contributed by atoms with Crippen LogP contribution in [0.25, 0.3) is 0 Å². The van der Waals surface area contributed by atoms with E-state index in [1.807, 2.05) is 0 Å². The molecule has 0 aliphatic rings. The molecule has 0 saturated heterocycles. The van der Waals surface area contributed by atoms with Crippen molar-refractivity contribution in [2.45, 2.75) is 11.4 Å². The number of hydrogen-bond acceptors (Lipinski definition) is 6. The second kappa shape index (κ2) is 10.5. The molecule has 0 fully saturated rings. The molecule has 5 nitrogen and oxygen atoms in total. The number of pyridine rings is 1. The molecule has 0 amide bonds. The van der Waals surface area contributed by atoms with Crippen LogP contribution in [-0.2, 0) is 11.2 Å². The van der Waals surface area contributed by atoms with Crippen molar-refractivity contribution < 1.29 is 70.8 Å². The van der Waals surface area contributed by atoms with E-state index in [1.165, 1.54) is 25.4 Å². The van der Waals surface area contributed by atoms with Crippen molar-refractivity contribution in [2.24, 2.45) is 0 Å². The van der Waals surface area contributed by atoms with Gasteiger partial charge in [0.25, 0.3) is 0 Å². The van der Waals surface area contributed by atoms with Gasteiger partial charge in [-0.3, -0.25) is 4.79 Å². The van der Waals surface area contributed by atoms with Crippen molar-refractivity contribution in [2.75, 3.05) is 12.9 Å². The average molecular weight is 390 g/mol. The molecule has 2 aromatic rings. The summed E-state index contributed by atoms with van der Waals surface area (Å²) in [6.45, 7) is 0. The fourth-order valence-corrected chi connectivity index (χ4v) is 2.91. The second-order valence-electron chi connectivity index (χ2n) is 4.61. The summed E-state index contributed by atoms with van der Waals surface area (Å²) in [4.78, 5) is 27.1. The van der Waals surface area contributed by atoms with Crippen LogP contribution in [0, 0.1) is 0 Å². The van der Waals surface area contributed by atoms with Crippen molar-refractivity contribution in [3.8, 4) is 5.75 Å². The van der Waals surface area contributed by atoms with Gasteiger partial charge in [-0.25, -0.2) is 4.98 Å². The number of rotatable bonds is 7. The maximum absolute atomic E-state index is 12.1. The number of carboxylic acids is 1. The fourth-order valence-electron chi connectivity index (χ4n) is 1.89. The number of halogens is 1. The van der Waals surface area contributed by atoms with E-state index in [0.29, 0.717) is 16.3 Å². The Morgan fingerprint density at radius 1 is 1.33 bits per heavy atom. The molecule has 24 heavy (non-hydrogen) atoms. The van der Waals surface area contributed by atoms with Crippen LogP contribution in [0.4, 0.5) is 0 Å². The van der Waals surface area contributed by atoms with Gasteiger partial charge >= 0.3 is 51.4 Å². The average Bonchev–Trinajstić information content (AvgIpc) is 2.55. The van der Waals surface area contributed by atoms with Crippen LogP contribution in [0.1, 0.15) is 15.9 Å². The molecule has 1 aromatic heterocycles. The van der Waals surface area contributed by atoms with Gasteiger partial charge in [-0.15, -0.1) is 0 Å². The van der Waals surface area contributed by atoms with Crippen LogP contribution >= 0.6 is 23.4 Å². The van der Waals surface area contributed by atoms with E-state index < -0.39 is 5.97 Å². The molecule has 0 atom stereocenters. The minimum absolute atomic E-state index is 0. The number of aromatic carboxylic acids is 1. The van der Waals surface area contributed by atoms with E-state index in [-0.39, 0.29) is 79.9 Å². The molecule has 120 valence electrons. The van der Waals surface area contributed by atoms with Gasteiger partial charge in [0.1, 0.15) is 16.6 Å². The Kier molecular flexibility index (Phi) is 9.51. The minimum Gasteiger partial charge on any atom is -0.545 e. The Labute approximate surface area is 191 Å². The van der Waals surface area contributed by atoms with E-state index in [1.54, 1.807) is 18.2 Å². The van der Waals surface area contributed by atoms with Gasteiger partial charge in [0.15, 0.2) is 0 Å². The molecule has 0 aliphatic heterocycles. The number of ketones is 1. The standard InChI is InChI=1S/C16H14ClNO4S.K/c1-22-12-4-5-14(17)10(8-12)7-11(19)9-23-15-13(16(20)21)3-2-6-18-15;/h2-6,8H,7,9H2,1H3,(H,20,21);/q;+1/p-1. The summed E-state index contributed by atoms with van der Waals surface area (Å²) in [5.41, 5.74) is 0.641. The van der Waals surface area contributed by atoms with E-state index in [0.717, 1.165) is 11.8 Å². The topological polar surface area (TPSA) is 79.3 Å². The second-order valence-corrected chi connectivity index (χ2v) is 5.98. The Balaban J connectivity index is 0.00000288. The number of aromatic nitrogens is 1. The quantitative estimate of drug-likeness (QED) is 0.447. The zero-order chi connectivity index (χ0) is 16.8. The third-order valence-corrected chi connectivity index (χ3v) is 4.44. The first-order valence-corrected chi connectivity index (χ1v) is 8.01. The monoisotopic (exact) mass is 389 g/mol. The molecule has 0 radical (unpaired) electrons. The molecular weight excluding hydrogens is 377 g/mol. The van der Waals surface area contributed by atoms with Crippen molar-refractivity contribution >= 4 is 35.1 Å². The maximum Gasteiger partial charge on any atom is 1.00 e. The smallest absolute Gasteiger partial charge is 0.545 e. The van der Waals surface area contributed by atoms with Crippen molar-refractivity contribution in [3.63, 3.8) is 0 Å². The first-order chi connectivity index (χ1) is 11.0. The Morgan fingerprint density at radius 3 is 2.75 bits per heavy atom. The van der Waals surface area contributed by atoms with Gasteiger partial charge in [-0.1, -0.05) is 23.4 Å². The molecule has 0 N–H and O–H groups in total. The van der Waals surface area contributed by atoms with Crippen molar-refractivity contribution in [1.29, 1.82) is 0 Å². The van der Waals surface area contributed by atoms with Crippen LogP contribution < -0.4 is 61.2 Å². The van der Waals surface area contributed by atoms with E-state index in [2.05, 4.69) is 4.98 Å². The molecule has 1 heterocycles. The van der Waals surface area contributed by atoms with E-state index in [4.69, 9.17) is 16.3 Å². The number of methoxy groups -OCH3 is 1. The Bertz CT molecular complexity index is 742. The van der Waals surface area contributed by atoms with Crippen LogP contribution in [-0.4, -0.2) is 29.6 Å². The summed E-state index contributed by atoms with van der Waals surface area (Å²) in [5.74, 6) is -0.706. The van der Waals surface area contributed by atoms with Gasteiger partial charge in [0, 0.05) is 23.2 Å². The van der Waals surface area contributed by atoms with Crippen LogP contribution in [0.2, 0.25) is 5.02 Å². The summed E-state index contributed by atoms with van der Waals surface area (Å²) in [5, 5.41) is 11.7. The summed E-state index contributed by atoms with van der Waals surface area (Å²) in [7, 11) is 1.53. The van der Waals surface area contributed by atoms with Gasteiger partial charge < -0.3 is 14.6 Å². The molecule has 8 heteroatoms. The van der Waals surface area contributed by atoms with Crippen molar-refractivity contribution in [3.05, 3.63) is 52.7 Å². The fraction of sp³-hybridized carbons (Fsp3) is 0.188. The van der Waals surface area contributed by atoms with Gasteiger partial charge in [0.05, 0.1) is 18.8 Å². The van der Waals surface area contributed by atoms with E-state index >= 15 is 0 Å². The molecule has 0 saturated carbocycles. The number of carbonyl (C=O) groups excluding carboxylic acids is 2. The van der Waals surface area contributed by atoms with Crippen LogP contribution in [0.15, 0.2) is 41.6 Å². The van der Waals surface area contributed by atoms with E-state index in [9.17, 15) is 14.7 Å². The summed E-state index contributed by atoms with van der Waals surface area (Å²) >= 11 is 7.13. The zero-order valence-corrected chi connectivity index (χ0v) is 17.9. The SMILES string of the molecule is COc1ccc(Cl)c(CC(=O)CSc2ncccc2C(=O)[O-])c1.[K+]. The summed E-state index contributed by atoms with van der Waals surface area (Å²) < 4.78 is 5.11. The molecule has 0 spiro atoms. The Morgan fingerprint density at radius 2 is 2.08 bits per heavy atom. The number of carbonyl (C=O) groups is 2. The van der Waals surface area contributed by atoms with Gasteiger partial charge in [-0.05, 0) is 35.9 Å². The van der Waals surface area contributed by atoms with Gasteiger partial charge in [0.2, 0.25) is 0 Å². The molecule has 0 bridgehead atoms.